The monoisotopic (exact) mass is 237 g/mol. The molecule has 0 radical (unpaired) electrons. The van der Waals surface area contributed by atoms with Crippen LogP contribution in [0.5, 0.6) is 0 Å². The van der Waals surface area contributed by atoms with Gasteiger partial charge in [0.15, 0.2) is 0 Å². The second-order valence-electron chi connectivity index (χ2n) is 4.31. The Kier molecular flexibility index (Phi) is 3.11. The van der Waals surface area contributed by atoms with Gasteiger partial charge in [-0.25, -0.2) is 0 Å². The third-order valence-corrected chi connectivity index (χ3v) is 3.02. The Morgan fingerprint density at radius 1 is 0.833 bits per heavy atom. The molecule has 2 aromatic carbocycles. The van der Waals surface area contributed by atoms with Crippen LogP contribution in [0.25, 0.3) is 10.9 Å². The third kappa shape index (κ3) is 2.29. The summed E-state index contributed by atoms with van der Waals surface area (Å²) in [6.07, 6.45) is 2.07. The van der Waals surface area contributed by atoms with Gasteiger partial charge < -0.3 is 9.30 Å². The lowest BCUT2D eigenvalue weighted by Gasteiger charge is -2.07. The van der Waals surface area contributed by atoms with E-state index in [1.54, 1.807) is 0 Å². The van der Waals surface area contributed by atoms with Crippen LogP contribution in [0.4, 0.5) is 0 Å². The molecule has 0 saturated carbocycles. The van der Waals surface area contributed by atoms with E-state index in [0.717, 1.165) is 0 Å². The van der Waals surface area contributed by atoms with Gasteiger partial charge in [0.1, 0.15) is 6.73 Å². The van der Waals surface area contributed by atoms with Crippen molar-refractivity contribution in [3.05, 3.63) is 72.4 Å². The number of hydrogen-bond acceptors (Lipinski definition) is 1. The lowest BCUT2D eigenvalue weighted by atomic mass is 10.2. The summed E-state index contributed by atoms with van der Waals surface area (Å²) >= 11 is 0. The van der Waals surface area contributed by atoms with Gasteiger partial charge in [0.25, 0.3) is 0 Å². The number of hydrogen-bond donors (Lipinski definition) is 0. The summed E-state index contributed by atoms with van der Waals surface area (Å²) in [5, 5.41) is 1.25. The Labute approximate surface area is 106 Å². The quantitative estimate of drug-likeness (QED) is 0.673. The summed E-state index contributed by atoms with van der Waals surface area (Å²) in [5.74, 6) is 0. The maximum absolute atomic E-state index is 5.74. The summed E-state index contributed by atoms with van der Waals surface area (Å²) in [5.41, 5.74) is 2.42. The molecule has 3 rings (SSSR count). The average Bonchev–Trinajstić information content (AvgIpc) is 2.84. The molecule has 0 aliphatic heterocycles. The molecule has 0 atom stereocenters. The van der Waals surface area contributed by atoms with Crippen molar-refractivity contribution in [1.29, 1.82) is 0 Å². The smallest absolute Gasteiger partial charge is 0.123 e. The molecule has 0 aliphatic carbocycles. The lowest BCUT2D eigenvalue weighted by Crippen LogP contribution is -2.01. The fraction of sp³-hybridized carbons (Fsp3) is 0.125. The summed E-state index contributed by atoms with van der Waals surface area (Å²) < 4.78 is 7.86. The maximum atomic E-state index is 5.74. The molecule has 0 spiro atoms. The fourth-order valence-corrected chi connectivity index (χ4v) is 2.09. The Balaban J connectivity index is 1.67. The van der Waals surface area contributed by atoms with Crippen LogP contribution in [0.15, 0.2) is 66.9 Å². The molecule has 1 heterocycles. The highest BCUT2D eigenvalue weighted by Gasteiger charge is 1.99. The van der Waals surface area contributed by atoms with Crippen molar-refractivity contribution in [1.82, 2.24) is 4.57 Å². The van der Waals surface area contributed by atoms with E-state index in [4.69, 9.17) is 4.74 Å². The van der Waals surface area contributed by atoms with E-state index in [9.17, 15) is 0 Å². The average molecular weight is 237 g/mol. The molecule has 0 saturated heterocycles. The molecule has 1 aromatic heterocycles. The Hall–Kier alpha value is -2.06. The van der Waals surface area contributed by atoms with E-state index in [1.165, 1.54) is 16.5 Å². The Morgan fingerprint density at radius 3 is 2.50 bits per heavy atom. The van der Waals surface area contributed by atoms with Crippen molar-refractivity contribution in [3.8, 4) is 0 Å². The molecular formula is C16H15NO. The van der Waals surface area contributed by atoms with E-state index in [0.29, 0.717) is 13.3 Å². The predicted molar refractivity (Wildman–Crippen MR) is 73.2 cm³/mol. The highest BCUT2D eigenvalue weighted by atomic mass is 16.5. The van der Waals surface area contributed by atoms with E-state index in [2.05, 4.69) is 53.2 Å². The highest BCUT2D eigenvalue weighted by Crippen LogP contribution is 2.15. The first-order valence-electron chi connectivity index (χ1n) is 6.09. The first kappa shape index (κ1) is 11.1. The lowest BCUT2D eigenvalue weighted by molar-refractivity contribution is 0.0668. The van der Waals surface area contributed by atoms with Gasteiger partial charge in [0.05, 0.1) is 6.61 Å². The van der Waals surface area contributed by atoms with Crippen molar-refractivity contribution >= 4 is 10.9 Å². The van der Waals surface area contributed by atoms with Crippen LogP contribution in [0, 0.1) is 0 Å². The first-order chi connectivity index (χ1) is 8.93. The summed E-state index contributed by atoms with van der Waals surface area (Å²) in [6.45, 7) is 1.23. The standard InChI is InChI=1S/C16H15NO/c1-2-6-14(7-3-1)12-18-13-17-11-10-15-8-4-5-9-16(15)17/h1-11H,12-13H2. The minimum atomic E-state index is 0.586. The maximum Gasteiger partial charge on any atom is 0.123 e. The van der Waals surface area contributed by atoms with Crippen molar-refractivity contribution in [2.75, 3.05) is 0 Å². The largest absolute Gasteiger partial charge is 0.356 e. The molecule has 90 valence electrons. The van der Waals surface area contributed by atoms with Crippen molar-refractivity contribution in [2.45, 2.75) is 13.3 Å². The number of rotatable bonds is 4. The minimum Gasteiger partial charge on any atom is -0.356 e. The van der Waals surface area contributed by atoms with Crippen molar-refractivity contribution < 1.29 is 4.74 Å². The van der Waals surface area contributed by atoms with E-state index >= 15 is 0 Å². The third-order valence-electron chi connectivity index (χ3n) is 3.02. The van der Waals surface area contributed by atoms with Crippen molar-refractivity contribution in [2.24, 2.45) is 0 Å². The molecule has 0 aliphatic rings. The highest BCUT2D eigenvalue weighted by molar-refractivity contribution is 5.79. The SMILES string of the molecule is c1ccc(COCn2ccc3ccccc32)cc1. The molecule has 0 fully saturated rings. The first-order valence-corrected chi connectivity index (χ1v) is 6.09. The molecule has 0 bridgehead atoms. The predicted octanol–water partition coefficient (Wildman–Crippen LogP) is 3.82. The summed E-state index contributed by atoms with van der Waals surface area (Å²) in [4.78, 5) is 0. The molecule has 0 amide bonds. The zero-order valence-corrected chi connectivity index (χ0v) is 10.1. The van der Waals surface area contributed by atoms with Crippen LogP contribution in [-0.4, -0.2) is 4.57 Å². The summed E-state index contributed by atoms with van der Waals surface area (Å²) in [7, 11) is 0. The number of ether oxygens (including phenoxy) is 1. The van der Waals surface area contributed by atoms with E-state index < -0.39 is 0 Å². The minimum absolute atomic E-state index is 0.586. The molecule has 18 heavy (non-hydrogen) atoms. The zero-order chi connectivity index (χ0) is 12.2. The van der Waals surface area contributed by atoms with Gasteiger partial charge in [-0.05, 0) is 23.1 Å². The number of nitrogens with zero attached hydrogens (tertiary/aromatic N) is 1. The molecule has 0 unspecified atom stereocenters. The van der Waals surface area contributed by atoms with Gasteiger partial charge >= 0.3 is 0 Å². The zero-order valence-electron chi connectivity index (χ0n) is 10.1. The molecule has 2 heteroatoms. The number of para-hydroxylation sites is 1. The van der Waals surface area contributed by atoms with Gasteiger partial charge in [-0.1, -0.05) is 48.5 Å². The van der Waals surface area contributed by atoms with Gasteiger partial charge in [-0.2, -0.15) is 0 Å². The van der Waals surface area contributed by atoms with Gasteiger partial charge in [-0.3, -0.25) is 0 Å². The van der Waals surface area contributed by atoms with Crippen LogP contribution >= 0.6 is 0 Å². The molecule has 0 N–H and O–H groups in total. The van der Waals surface area contributed by atoms with Crippen LogP contribution in [0.3, 0.4) is 0 Å². The number of benzene rings is 2. The Morgan fingerprint density at radius 2 is 1.61 bits per heavy atom. The normalized spacial score (nSPS) is 10.9. The van der Waals surface area contributed by atoms with Crippen molar-refractivity contribution in [3.63, 3.8) is 0 Å². The van der Waals surface area contributed by atoms with Gasteiger partial charge in [-0.15, -0.1) is 0 Å². The van der Waals surface area contributed by atoms with Crippen LogP contribution in [-0.2, 0) is 18.1 Å². The van der Waals surface area contributed by atoms with Crippen LogP contribution in [0.2, 0.25) is 0 Å². The summed E-state index contributed by atoms with van der Waals surface area (Å²) in [6, 6.07) is 20.7. The second kappa shape index (κ2) is 5.07. The Bertz CT molecular complexity index is 628. The molecule has 3 aromatic rings. The van der Waals surface area contributed by atoms with Crippen LogP contribution < -0.4 is 0 Å². The topological polar surface area (TPSA) is 14.2 Å². The van der Waals surface area contributed by atoms with Crippen LogP contribution in [0.1, 0.15) is 5.56 Å². The van der Waals surface area contributed by atoms with Gasteiger partial charge in [0.2, 0.25) is 0 Å². The van der Waals surface area contributed by atoms with E-state index in [1.807, 2.05) is 18.2 Å². The second-order valence-corrected chi connectivity index (χ2v) is 4.31. The van der Waals surface area contributed by atoms with E-state index in [-0.39, 0.29) is 0 Å². The number of fused-ring (bicyclic) bond motifs is 1. The molecule has 2 nitrogen and oxygen atoms in total. The number of aromatic nitrogens is 1. The fourth-order valence-electron chi connectivity index (χ4n) is 2.09. The van der Waals surface area contributed by atoms with Gasteiger partial charge in [0, 0.05) is 11.7 Å². The molecular weight excluding hydrogens is 222 g/mol.